The molecule has 0 spiro atoms. The van der Waals surface area contributed by atoms with Crippen LogP contribution in [0, 0.1) is 0 Å². The Hall–Kier alpha value is -1.80. The molecule has 0 atom stereocenters. The van der Waals surface area contributed by atoms with Crippen LogP contribution in [0.2, 0.25) is 5.02 Å². The highest BCUT2D eigenvalue weighted by Gasteiger charge is 2.10. The van der Waals surface area contributed by atoms with Gasteiger partial charge in [0.05, 0.1) is 11.0 Å². The molecule has 90 valence electrons. The van der Waals surface area contributed by atoms with Crippen LogP contribution in [0.4, 0.5) is 0 Å². The summed E-state index contributed by atoms with van der Waals surface area (Å²) < 4.78 is 2.22. The molecule has 0 aliphatic heterocycles. The number of imidazole rings is 1. The van der Waals surface area contributed by atoms with E-state index >= 15 is 0 Å². The van der Waals surface area contributed by atoms with Crippen molar-refractivity contribution in [2.45, 2.75) is 13.5 Å². The van der Waals surface area contributed by atoms with Gasteiger partial charge in [0.2, 0.25) is 0 Å². The van der Waals surface area contributed by atoms with Crippen LogP contribution in [0.3, 0.4) is 0 Å². The van der Waals surface area contributed by atoms with E-state index in [1.54, 1.807) is 0 Å². The van der Waals surface area contributed by atoms with Crippen molar-refractivity contribution in [3.63, 3.8) is 0 Å². The van der Waals surface area contributed by atoms with E-state index in [2.05, 4.69) is 17.6 Å². The molecule has 3 rings (SSSR count). The quantitative estimate of drug-likeness (QED) is 0.665. The molecule has 0 bridgehead atoms. The Morgan fingerprint density at radius 2 is 1.78 bits per heavy atom. The monoisotopic (exact) mass is 256 g/mol. The molecule has 0 fully saturated rings. The van der Waals surface area contributed by atoms with Crippen molar-refractivity contribution in [3.8, 4) is 11.4 Å². The van der Waals surface area contributed by atoms with E-state index in [1.807, 2.05) is 42.5 Å². The van der Waals surface area contributed by atoms with Gasteiger partial charge in [0.15, 0.2) is 0 Å². The number of halogens is 1. The molecule has 0 saturated carbocycles. The van der Waals surface area contributed by atoms with E-state index in [0.29, 0.717) is 0 Å². The molecular formula is C15H13ClN2. The van der Waals surface area contributed by atoms with Crippen LogP contribution in [0.1, 0.15) is 6.92 Å². The van der Waals surface area contributed by atoms with E-state index in [9.17, 15) is 0 Å². The first-order valence-electron chi connectivity index (χ1n) is 6.01. The maximum atomic E-state index is 5.92. The Balaban J connectivity index is 2.25. The maximum Gasteiger partial charge on any atom is 0.141 e. The lowest BCUT2D eigenvalue weighted by Gasteiger charge is -2.05. The number of hydrogen-bond donors (Lipinski definition) is 0. The third-order valence-corrected chi connectivity index (χ3v) is 3.33. The van der Waals surface area contributed by atoms with E-state index in [-0.39, 0.29) is 0 Å². The zero-order chi connectivity index (χ0) is 12.5. The van der Waals surface area contributed by atoms with Crippen molar-refractivity contribution in [2.24, 2.45) is 0 Å². The molecule has 3 heteroatoms. The number of rotatable bonds is 2. The predicted molar refractivity (Wildman–Crippen MR) is 75.9 cm³/mol. The van der Waals surface area contributed by atoms with Gasteiger partial charge in [0.1, 0.15) is 5.82 Å². The summed E-state index contributed by atoms with van der Waals surface area (Å²) >= 11 is 5.92. The van der Waals surface area contributed by atoms with Gasteiger partial charge in [-0.3, -0.25) is 0 Å². The van der Waals surface area contributed by atoms with Crippen molar-refractivity contribution in [1.29, 1.82) is 0 Å². The second-order valence-corrected chi connectivity index (χ2v) is 4.61. The smallest absolute Gasteiger partial charge is 0.141 e. The normalized spacial score (nSPS) is 11.0. The molecule has 2 nitrogen and oxygen atoms in total. The zero-order valence-electron chi connectivity index (χ0n) is 10.1. The van der Waals surface area contributed by atoms with Crippen molar-refractivity contribution in [2.75, 3.05) is 0 Å². The topological polar surface area (TPSA) is 17.8 Å². The van der Waals surface area contributed by atoms with Gasteiger partial charge in [0, 0.05) is 17.1 Å². The number of fused-ring (bicyclic) bond motifs is 1. The SMILES string of the molecule is CCn1c(-c2ccc(Cl)cc2)nc2ccccc21. The summed E-state index contributed by atoms with van der Waals surface area (Å²) in [5, 5.41) is 0.748. The Morgan fingerprint density at radius 1 is 1.06 bits per heavy atom. The third-order valence-electron chi connectivity index (χ3n) is 3.07. The Labute approximate surface area is 111 Å². The fourth-order valence-corrected chi connectivity index (χ4v) is 2.34. The number of nitrogens with zero attached hydrogens (tertiary/aromatic N) is 2. The summed E-state index contributed by atoms with van der Waals surface area (Å²) in [7, 11) is 0. The summed E-state index contributed by atoms with van der Waals surface area (Å²) in [5.74, 6) is 0.996. The van der Waals surface area contributed by atoms with Crippen molar-refractivity contribution in [1.82, 2.24) is 9.55 Å². The second kappa shape index (κ2) is 4.46. The van der Waals surface area contributed by atoms with Gasteiger partial charge in [-0.15, -0.1) is 0 Å². The van der Waals surface area contributed by atoms with E-state index < -0.39 is 0 Å². The van der Waals surface area contributed by atoms with Crippen molar-refractivity contribution in [3.05, 3.63) is 53.6 Å². The van der Waals surface area contributed by atoms with Gasteiger partial charge in [-0.05, 0) is 43.3 Å². The fourth-order valence-electron chi connectivity index (χ4n) is 2.21. The van der Waals surface area contributed by atoms with Crippen LogP contribution in [0.25, 0.3) is 22.4 Å². The molecule has 1 aromatic heterocycles. The van der Waals surface area contributed by atoms with E-state index in [4.69, 9.17) is 16.6 Å². The summed E-state index contributed by atoms with van der Waals surface area (Å²) in [4.78, 5) is 4.70. The van der Waals surface area contributed by atoms with Crippen LogP contribution in [-0.4, -0.2) is 9.55 Å². The minimum absolute atomic E-state index is 0.748. The van der Waals surface area contributed by atoms with E-state index in [1.165, 1.54) is 5.52 Å². The van der Waals surface area contributed by atoms with Gasteiger partial charge in [-0.25, -0.2) is 4.98 Å². The van der Waals surface area contributed by atoms with E-state index in [0.717, 1.165) is 28.5 Å². The highest BCUT2D eigenvalue weighted by Crippen LogP contribution is 2.25. The molecule has 0 saturated heterocycles. The molecule has 3 aromatic rings. The molecule has 0 aliphatic carbocycles. The van der Waals surface area contributed by atoms with Crippen LogP contribution in [0.15, 0.2) is 48.5 Å². The minimum Gasteiger partial charge on any atom is -0.324 e. The molecule has 1 heterocycles. The zero-order valence-corrected chi connectivity index (χ0v) is 10.9. The van der Waals surface area contributed by atoms with Gasteiger partial charge < -0.3 is 4.57 Å². The lowest BCUT2D eigenvalue weighted by atomic mass is 10.2. The predicted octanol–water partition coefficient (Wildman–Crippen LogP) is 4.38. The largest absolute Gasteiger partial charge is 0.324 e. The summed E-state index contributed by atoms with van der Waals surface area (Å²) in [6.07, 6.45) is 0. The van der Waals surface area contributed by atoms with Crippen LogP contribution in [-0.2, 0) is 6.54 Å². The average molecular weight is 257 g/mol. The molecule has 0 unspecified atom stereocenters. The highest BCUT2D eigenvalue weighted by atomic mass is 35.5. The third kappa shape index (κ3) is 1.79. The lowest BCUT2D eigenvalue weighted by molar-refractivity contribution is 0.796. The molecule has 0 N–H and O–H groups in total. The first-order valence-corrected chi connectivity index (χ1v) is 6.38. The highest BCUT2D eigenvalue weighted by molar-refractivity contribution is 6.30. The Morgan fingerprint density at radius 3 is 2.50 bits per heavy atom. The summed E-state index contributed by atoms with van der Waals surface area (Å²) in [6.45, 7) is 3.03. The van der Waals surface area contributed by atoms with Crippen LogP contribution >= 0.6 is 11.6 Å². The van der Waals surface area contributed by atoms with Gasteiger partial charge >= 0.3 is 0 Å². The summed E-state index contributed by atoms with van der Waals surface area (Å²) in [5.41, 5.74) is 3.30. The number of aryl methyl sites for hydroxylation is 1. The standard InChI is InChI=1S/C15H13ClN2/c1-2-18-14-6-4-3-5-13(14)17-15(18)11-7-9-12(16)10-8-11/h3-10H,2H2,1H3. The Kier molecular flexibility index (Phi) is 2.80. The van der Waals surface area contributed by atoms with Gasteiger partial charge in [-0.1, -0.05) is 23.7 Å². The molecule has 0 amide bonds. The first-order chi connectivity index (χ1) is 8.79. The van der Waals surface area contributed by atoms with Crippen molar-refractivity contribution >= 4 is 22.6 Å². The first kappa shape index (κ1) is 11.3. The van der Waals surface area contributed by atoms with Crippen molar-refractivity contribution < 1.29 is 0 Å². The second-order valence-electron chi connectivity index (χ2n) is 4.18. The molecule has 18 heavy (non-hydrogen) atoms. The Bertz CT molecular complexity index is 683. The number of para-hydroxylation sites is 2. The minimum atomic E-state index is 0.748. The maximum absolute atomic E-state index is 5.92. The molecule has 0 aliphatic rings. The molecule has 0 radical (unpaired) electrons. The number of hydrogen-bond acceptors (Lipinski definition) is 1. The van der Waals surface area contributed by atoms with Gasteiger partial charge in [-0.2, -0.15) is 0 Å². The lowest BCUT2D eigenvalue weighted by Crippen LogP contribution is -1.97. The molecule has 2 aromatic carbocycles. The average Bonchev–Trinajstić information content (AvgIpc) is 2.78. The fraction of sp³-hybridized carbons (Fsp3) is 0.133. The van der Waals surface area contributed by atoms with Crippen LogP contribution in [0.5, 0.6) is 0 Å². The number of benzene rings is 2. The summed E-state index contributed by atoms with van der Waals surface area (Å²) in [6, 6.07) is 16.0. The van der Waals surface area contributed by atoms with Crippen LogP contribution < -0.4 is 0 Å². The number of aromatic nitrogens is 2. The van der Waals surface area contributed by atoms with Gasteiger partial charge in [0.25, 0.3) is 0 Å². The molecular weight excluding hydrogens is 244 g/mol.